The highest BCUT2D eigenvalue weighted by Gasteiger charge is 2.44. The third kappa shape index (κ3) is 15.8. The zero-order chi connectivity index (χ0) is 29.6. The molecule has 7 atom stereocenters. The van der Waals surface area contributed by atoms with Crippen LogP contribution in [0.3, 0.4) is 0 Å². The van der Waals surface area contributed by atoms with Gasteiger partial charge in [0, 0.05) is 6.42 Å². The number of amides is 1. The van der Waals surface area contributed by atoms with Crippen molar-refractivity contribution in [2.45, 2.75) is 166 Å². The van der Waals surface area contributed by atoms with Crippen molar-refractivity contribution in [2.24, 2.45) is 0 Å². The Morgan fingerprint density at radius 3 is 1.85 bits per heavy atom. The van der Waals surface area contributed by atoms with Crippen molar-refractivity contribution >= 4 is 5.91 Å². The lowest BCUT2D eigenvalue weighted by Crippen LogP contribution is -2.60. The second-order valence-electron chi connectivity index (χ2n) is 11.2. The molecule has 40 heavy (non-hydrogen) atoms. The second kappa shape index (κ2) is 23.5. The van der Waals surface area contributed by atoms with Crippen molar-refractivity contribution in [3.05, 3.63) is 12.2 Å². The molecular weight excluding hydrogens is 514 g/mol. The van der Waals surface area contributed by atoms with Crippen LogP contribution in [-0.4, -0.2) is 87.5 Å². The standard InChI is InChI=1S/C31H59NO8/c1-3-5-6-7-8-9-10-11-12-13-14-15-16-17-18-19-20-21-25(34)24(32-27(35)4-2)23-39-31-30(38)29(37)28(36)26(22-33)40-31/h20-21,24-26,28-31,33-34,36-38H,3-19,22-23H2,1-2H3,(H,32,35)/b21-20+. The molecule has 0 bridgehead atoms. The van der Waals surface area contributed by atoms with Gasteiger partial charge in [0.2, 0.25) is 5.91 Å². The van der Waals surface area contributed by atoms with Crippen LogP contribution in [0.15, 0.2) is 12.2 Å². The summed E-state index contributed by atoms with van der Waals surface area (Å²) in [5, 5.41) is 52.7. The van der Waals surface area contributed by atoms with E-state index in [1.807, 2.05) is 6.08 Å². The lowest BCUT2D eigenvalue weighted by Gasteiger charge is -2.40. The Morgan fingerprint density at radius 1 is 0.825 bits per heavy atom. The van der Waals surface area contributed by atoms with Crippen LogP contribution >= 0.6 is 0 Å². The third-order valence-corrected chi connectivity index (χ3v) is 7.68. The van der Waals surface area contributed by atoms with E-state index in [1.165, 1.54) is 83.5 Å². The number of unbranched alkanes of at least 4 members (excludes halogenated alkanes) is 15. The van der Waals surface area contributed by atoms with Gasteiger partial charge in [-0.2, -0.15) is 0 Å². The molecule has 0 aliphatic carbocycles. The zero-order valence-electron chi connectivity index (χ0n) is 25.1. The number of hydrogen-bond donors (Lipinski definition) is 6. The first-order valence-corrected chi connectivity index (χ1v) is 15.9. The van der Waals surface area contributed by atoms with E-state index in [1.54, 1.807) is 13.0 Å². The van der Waals surface area contributed by atoms with Crippen LogP contribution in [0.1, 0.15) is 123 Å². The van der Waals surface area contributed by atoms with Gasteiger partial charge in [-0.05, 0) is 12.8 Å². The van der Waals surface area contributed by atoms with E-state index in [-0.39, 0.29) is 18.9 Å². The van der Waals surface area contributed by atoms with Gasteiger partial charge in [0.15, 0.2) is 6.29 Å². The average Bonchev–Trinajstić information content (AvgIpc) is 2.96. The SMILES string of the molecule is CCCCCCCCCCCCCCCCC/C=C/C(O)C(COC1OC(CO)C(O)C(O)C1O)NC(=O)CC. The van der Waals surface area contributed by atoms with Crippen LogP contribution < -0.4 is 5.32 Å². The number of carbonyl (C=O) groups excluding carboxylic acids is 1. The summed E-state index contributed by atoms with van der Waals surface area (Å²) in [7, 11) is 0. The van der Waals surface area contributed by atoms with Gasteiger partial charge in [0.1, 0.15) is 24.4 Å². The number of nitrogens with one attached hydrogen (secondary N) is 1. The van der Waals surface area contributed by atoms with Crippen molar-refractivity contribution in [2.75, 3.05) is 13.2 Å². The van der Waals surface area contributed by atoms with Crippen molar-refractivity contribution in [3.8, 4) is 0 Å². The molecule has 1 saturated heterocycles. The van der Waals surface area contributed by atoms with Crippen molar-refractivity contribution in [1.29, 1.82) is 0 Å². The molecule has 1 aliphatic heterocycles. The van der Waals surface area contributed by atoms with E-state index < -0.39 is 49.5 Å². The molecule has 1 rings (SSSR count). The van der Waals surface area contributed by atoms with Crippen LogP contribution in [-0.2, 0) is 14.3 Å². The topological polar surface area (TPSA) is 149 Å². The fourth-order valence-corrected chi connectivity index (χ4v) is 4.94. The largest absolute Gasteiger partial charge is 0.394 e. The molecule has 1 fully saturated rings. The summed E-state index contributed by atoms with van der Waals surface area (Å²) < 4.78 is 10.9. The number of rotatable bonds is 24. The summed E-state index contributed by atoms with van der Waals surface area (Å²) in [6.07, 6.45) is 16.3. The smallest absolute Gasteiger partial charge is 0.220 e. The second-order valence-corrected chi connectivity index (χ2v) is 11.2. The molecule has 0 aromatic heterocycles. The van der Waals surface area contributed by atoms with Gasteiger partial charge >= 0.3 is 0 Å². The number of aliphatic hydroxyl groups excluding tert-OH is 5. The maximum absolute atomic E-state index is 12.0. The minimum atomic E-state index is -1.56. The van der Waals surface area contributed by atoms with Crippen LogP contribution in [0.2, 0.25) is 0 Å². The van der Waals surface area contributed by atoms with Crippen LogP contribution in [0.25, 0.3) is 0 Å². The van der Waals surface area contributed by atoms with Gasteiger partial charge in [0.25, 0.3) is 0 Å². The van der Waals surface area contributed by atoms with Crippen molar-refractivity contribution in [1.82, 2.24) is 5.32 Å². The Balaban J connectivity index is 2.23. The molecule has 1 heterocycles. The van der Waals surface area contributed by atoms with E-state index in [2.05, 4.69) is 12.2 Å². The molecule has 0 spiro atoms. The fraction of sp³-hybridized carbons (Fsp3) is 0.903. The van der Waals surface area contributed by atoms with E-state index in [4.69, 9.17) is 9.47 Å². The molecule has 0 aromatic rings. The van der Waals surface area contributed by atoms with Gasteiger partial charge in [-0.15, -0.1) is 0 Å². The lowest BCUT2D eigenvalue weighted by molar-refractivity contribution is -0.302. The van der Waals surface area contributed by atoms with Crippen molar-refractivity contribution < 1.29 is 39.8 Å². The first-order valence-electron chi connectivity index (χ1n) is 15.9. The highest BCUT2D eigenvalue weighted by molar-refractivity contribution is 5.75. The number of aliphatic hydroxyl groups is 5. The molecule has 0 saturated carbocycles. The van der Waals surface area contributed by atoms with Crippen molar-refractivity contribution in [3.63, 3.8) is 0 Å². The fourth-order valence-electron chi connectivity index (χ4n) is 4.94. The highest BCUT2D eigenvalue weighted by Crippen LogP contribution is 2.22. The summed E-state index contributed by atoms with van der Waals surface area (Å²) in [6, 6.07) is -0.794. The van der Waals surface area contributed by atoms with E-state index in [0.29, 0.717) is 0 Å². The molecular formula is C31H59NO8. The zero-order valence-corrected chi connectivity index (χ0v) is 25.1. The lowest BCUT2D eigenvalue weighted by atomic mass is 9.99. The molecule has 0 radical (unpaired) electrons. The minimum absolute atomic E-state index is 0.196. The summed E-state index contributed by atoms with van der Waals surface area (Å²) in [5.74, 6) is -0.266. The average molecular weight is 574 g/mol. The predicted molar refractivity (Wildman–Crippen MR) is 157 cm³/mol. The molecule has 6 N–H and O–H groups in total. The van der Waals surface area contributed by atoms with Gasteiger partial charge in [-0.3, -0.25) is 4.79 Å². The molecule has 7 unspecified atom stereocenters. The number of hydrogen-bond acceptors (Lipinski definition) is 8. The molecule has 9 heteroatoms. The molecule has 0 aromatic carbocycles. The molecule has 1 aliphatic rings. The Kier molecular flexibility index (Phi) is 21.7. The third-order valence-electron chi connectivity index (χ3n) is 7.68. The molecule has 9 nitrogen and oxygen atoms in total. The number of carbonyl (C=O) groups is 1. The summed E-state index contributed by atoms with van der Waals surface area (Å²) in [4.78, 5) is 12.0. The molecule has 1 amide bonds. The van der Waals surface area contributed by atoms with Crippen LogP contribution in [0.5, 0.6) is 0 Å². The van der Waals surface area contributed by atoms with E-state index >= 15 is 0 Å². The summed E-state index contributed by atoms with van der Waals surface area (Å²) >= 11 is 0. The van der Waals surface area contributed by atoms with Gasteiger partial charge < -0.3 is 40.3 Å². The Labute approximate surface area is 242 Å². The monoisotopic (exact) mass is 573 g/mol. The van der Waals surface area contributed by atoms with Gasteiger partial charge in [-0.1, -0.05) is 116 Å². The Hall–Kier alpha value is -1.07. The first-order chi connectivity index (χ1) is 19.3. The maximum atomic E-state index is 12.0. The van der Waals surface area contributed by atoms with E-state index in [9.17, 15) is 30.3 Å². The summed E-state index contributed by atoms with van der Waals surface area (Å²) in [5.41, 5.74) is 0. The molecule has 236 valence electrons. The van der Waals surface area contributed by atoms with Crippen LogP contribution in [0, 0.1) is 0 Å². The summed E-state index contributed by atoms with van der Waals surface area (Å²) in [6.45, 7) is 3.20. The van der Waals surface area contributed by atoms with Gasteiger partial charge in [0.05, 0.1) is 25.4 Å². The maximum Gasteiger partial charge on any atom is 0.220 e. The quantitative estimate of drug-likeness (QED) is 0.0753. The first kappa shape index (κ1) is 37.0. The normalized spacial score (nSPS) is 24.8. The number of ether oxygens (including phenoxy) is 2. The minimum Gasteiger partial charge on any atom is -0.394 e. The van der Waals surface area contributed by atoms with E-state index in [0.717, 1.165) is 19.3 Å². The number of allylic oxidation sites excluding steroid dienone is 1. The highest BCUT2D eigenvalue weighted by atomic mass is 16.7. The Bertz CT molecular complexity index is 647. The van der Waals surface area contributed by atoms with Gasteiger partial charge in [-0.25, -0.2) is 0 Å². The predicted octanol–water partition coefficient (Wildman–Crippen LogP) is 3.88. The van der Waals surface area contributed by atoms with Crippen LogP contribution in [0.4, 0.5) is 0 Å². The Morgan fingerprint density at radius 2 is 1.35 bits per heavy atom.